The van der Waals surface area contributed by atoms with Gasteiger partial charge in [-0.1, -0.05) is 13.8 Å². The Balaban J connectivity index is 2.27. The van der Waals surface area contributed by atoms with E-state index < -0.39 is 6.10 Å². The van der Waals surface area contributed by atoms with Gasteiger partial charge in [0.2, 0.25) is 0 Å². The maximum Gasteiger partial charge on any atom is 0.191 e. The second-order valence-corrected chi connectivity index (χ2v) is 5.50. The van der Waals surface area contributed by atoms with E-state index in [9.17, 15) is 5.11 Å². The van der Waals surface area contributed by atoms with E-state index in [2.05, 4.69) is 29.5 Å². The molecule has 1 unspecified atom stereocenters. The van der Waals surface area contributed by atoms with Gasteiger partial charge in [-0.2, -0.15) is 0 Å². The lowest BCUT2D eigenvalue weighted by atomic mass is 10.2. The Labute approximate surface area is 133 Å². The maximum absolute atomic E-state index is 9.94. The molecule has 1 heterocycles. The summed E-state index contributed by atoms with van der Waals surface area (Å²) in [5, 5.41) is 16.3. The van der Waals surface area contributed by atoms with Crippen LogP contribution in [0.3, 0.4) is 0 Å². The summed E-state index contributed by atoms with van der Waals surface area (Å²) < 4.78 is 10.7. The number of nitrogens with zero attached hydrogens (tertiary/aromatic N) is 1. The minimum atomic E-state index is -0.722. The fourth-order valence-corrected chi connectivity index (χ4v) is 1.79. The number of hydrogen-bond acceptors (Lipinski definition) is 4. The summed E-state index contributed by atoms with van der Waals surface area (Å²) in [5.41, 5.74) is 0. The SMILES string of the molecule is CCNC(=NCC(O)c1ccco1)NCCCOCC(C)C. The van der Waals surface area contributed by atoms with Gasteiger partial charge in [-0.05, 0) is 31.4 Å². The Morgan fingerprint density at radius 2 is 2.23 bits per heavy atom. The molecule has 0 aromatic carbocycles. The van der Waals surface area contributed by atoms with Crippen molar-refractivity contribution < 1.29 is 14.3 Å². The standard InChI is InChI=1S/C16H29N3O3/c1-4-17-16(18-8-6-9-21-12-13(2)3)19-11-14(20)15-7-5-10-22-15/h5,7,10,13-14,20H,4,6,8-9,11-12H2,1-3H3,(H2,17,18,19). The first-order chi connectivity index (χ1) is 10.6. The fourth-order valence-electron chi connectivity index (χ4n) is 1.79. The first kappa shape index (κ1) is 18.5. The maximum atomic E-state index is 9.94. The second kappa shape index (κ2) is 11.1. The van der Waals surface area contributed by atoms with Crippen LogP contribution in [0.2, 0.25) is 0 Å². The van der Waals surface area contributed by atoms with Crippen molar-refractivity contribution in [2.45, 2.75) is 33.3 Å². The molecule has 0 saturated carbocycles. The van der Waals surface area contributed by atoms with Crippen molar-refractivity contribution in [3.63, 3.8) is 0 Å². The van der Waals surface area contributed by atoms with Crippen molar-refractivity contribution in [3.05, 3.63) is 24.2 Å². The minimum absolute atomic E-state index is 0.257. The number of aliphatic imine (C=N–C) groups is 1. The van der Waals surface area contributed by atoms with Crippen LogP contribution >= 0.6 is 0 Å². The smallest absolute Gasteiger partial charge is 0.191 e. The molecule has 3 N–H and O–H groups in total. The first-order valence-electron chi connectivity index (χ1n) is 7.94. The van der Waals surface area contributed by atoms with Crippen LogP contribution in [0.5, 0.6) is 0 Å². The molecule has 0 bridgehead atoms. The van der Waals surface area contributed by atoms with E-state index >= 15 is 0 Å². The van der Waals surface area contributed by atoms with Crippen LogP contribution in [0.15, 0.2) is 27.8 Å². The van der Waals surface area contributed by atoms with Gasteiger partial charge in [-0.25, -0.2) is 0 Å². The number of ether oxygens (including phenoxy) is 1. The predicted octanol–water partition coefficient (Wildman–Crippen LogP) is 1.93. The Morgan fingerprint density at radius 1 is 1.41 bits per heavy atom. The number of furan rings is 1. The lowest BCUT2D eigenvalue weighted by Crippen LogP contribution is -2.38. The van der Waals surface area contributed by atoms with Gasteiger partial charge < -0.3 is 24.9 Å². The summed E-state index contributed by atoms with van der Waals surface area (Å²) in [6.45, 7) is 9.62. The molecule has 0 aliphatic carbocycles. The zero-order valence-electron chi connectivity index (χ0n) is 13.8. The van der Waals surface area contributed by atoms with E-state index in [1.165, 1.54) is 0 Å². The summed E-state index contributed by atoms with van der Waals surface area (Å²) in [5.74, 6) is 1.79. The number of aliphatic hydroxyl groups excluding tert-OH is 1. The second-order valence-electron chi connectivity index (χ2n) is 5.50. The molecule has 0 radical (unpaired) electrons. The predicted molar refractivity (Wildman–Crippen MR) is 87.9 cm³/mol. The molecule has 6 nitrogen and oxygen atoms in total. The van der Waals surface area contributed by atoms with Crippen LogP contribution in [-0.2, 0) is 4.74 Å². The average molecular weight is 311 g/mol. The highest BCUT2D eigenvalue weighted by Gasteiger charge is 2.09. The van der Waals surface area contributed by atoms with Crippen LogP contribution in [0.1, 0.15) is 39.1 Å². The third kappa shape index (κ3) is 8.05. The van der Waals surface area contributed by atoms with Gasteiger partial charge in [0.1, 0.15) is 11.9 Å². The van der Waals surface area contributed by atoms with Gasteiger partial charge >= 0.3 is 0 Å². The lowest BCUT2D eigenvalue weighted by molar-refractivity contribution is 0.108. The summed E-state index contributed by atoms with van der Waals surface area (Å²) >= 11 is 0. The molecule has 0 amide bonds. The van der Waals surface area contributed by atoms with Gasteiger partial charge in [0.15, 0.2) is 5.96 Å². The molecule has 0 spiro atoms. The minimum Gasteiger partial charge on any atom is -0.467 e. The van der Waals surface area contributed by atoms with Crippen LogP contribution in [0.25, 0.3) is 0 Å². The summed E-state index contributed by atoms with van der Waals surface area (Å²) in [7, 11) is 0. The highest BCUT2D eigenvalue weighted by molar-refractivity contribution is 5.79. The van der Waals surface area contributed by atoms with Crippen LogP contribution in [0, 0.1) is 5.92 Å². The number of rotatable bonds is 10. The first-order valence-corrected chi connectivity index (χ1v) is 7.94. The summed E-state index contributed by atoms with van der Waals surface area (Å²) in [6.07, 6.45) is 1.74. The van der Waals surface area contributed by atoms with Gasteiger partial charge in [0, 0.05) is 26.3 Å². The van der Waals surface area contributed by atoms with Crippen molar-refractivity contribution >= 4 is 5.96 Å². The third-order valence-electron chi connectivity index (χ3n) is 2.85. The Hall–Kier alpha value is -1.53. The molecular weight excluding hydrogens is 282 g/mol. The largest absolute Gasteiger partial charge is 0.467 e. The molecule has 126 valence electrons. The van der Waals surface area contributed by atoms with Gasteiger partial charge in [0.05, 0.1) is 12.8 Å². The zero-order chi connectivity index (χ0) is 16.2. The van der Waals surface area contributed by atoms with Crippen LogP contribution in [-0.4, -0.2) is 43.9 Å². The molecule has 1 aromatic rings. The highest BCUT2D eigenvalue weighted by atomic mass is 16.5. The average Bonchev–Trinajstić information content (AvgIpc) is 3.01. The quantitative estimate of drug-likeness (QED) is 0.349. The van der Waals surface area contributed by atoms with Crippen molar-refractivity contribution in [3.8, 4) is 0 Å². The monoisotopic (exact) mass is 311 g/mol. The van der Waals surface area contributed by atoms with E-state index in [0.29, 0.717) is 17.6 Å². The Kier molecular flexibility index (Phi) is 9.34. The van der Waals surface area contributed by atoms with Crippen molar-refractivity contribution in [1.82, 2.24) is 10.6 Å². The number of nitrogens with one attached hydrogen (secondary N) is 2. The molecule has 0 aliphatic rings. The Morgan fingerprint density at radius 3 is 2.86 bits per heavy atom. The van der Waals surface area contributed by atoms with Gasteiger partial charge in [-0.15, -0.1) is 0 Å². The lowest BCUT2D eigenvalue weighted by Gasteiger charge is -2.12. The van der Waals surface area contributed by atoms with E-state index in [1.807, 2.05) is 6.92 Å². The highest BCUT2D eigenvalue weighted by Crippen LogP contribution is 2.12. The molecule has 0 aliphatic heterocycles. The van der Waals surface area contributed by atoms with Gasteiger partial charge in [-0.3, -0.25) is 4.99 Å². The van der Waals surface area contributed by atoms with Gasteiger partial charge in [0.25, 0.3) is 0 Å². The van der Waals surface area contributed by atoms with Crippen molar-refractivity contribution in [2.75, 3.05) is 32.8 Å². The van der Waals surface area contributed by atoms with E-state index in [4.69, 9.17) is 9.15 Å². The van der Waals surface area contributed by atoms with E-state index in [-0.39, 0.29) is 6.54 Å². The number of aliphatic hydroxyl groups is 1. The van der Waals surface area contributed by atoms with E-state index in [1.54, 1.807) is 18.4 Å². The topological polar surface area (TPSA) is 79.0 Å². The van der Waals surface area contributed by atoms with Crippen molar-refractivity contribution in [1.29, 1.82) is 0 Å². The molecule has 0 saturated heterocycles. The Bertz CT molecular complexity index is 405. The molecule has 1 rings (SSSR count). The number of guanidine groups is 1. The van der Waals surface area contributed by atoms with E-state index in [0.717, 1.165) is 32.7 Å². The zero-order valence-corrected chi connectivity index (χ0v) is 13.8. The fraction of sp³-hybridized carbons (Fsp3) is 0.688. The van der Waals surface area contributed by atoms with Crippen molar-refractivity contribution in [2.24, 2.45) is 10.9 Å². The molecule has 1 atom stereocenters. The molecule has 1 aromatic heterocycles. The molecular formula is C16H29N3O3. The third-order valence-corrected chi connectivity index (χ3v) is 2.85. The molecule has 22 heavy (non-hydrogen) atoms. The van der Waals surface area contributed by atoms with Crippen LogP contribution in [0.4, 0.5) is 0 Å². The molecule has 0 fully saturated rings. The summed E-state index contributed by atoms with van der Waals surface area (Å²) in [4.78, 5) is 4.36. The number of hydrogen-bond donors (Lipinski definition) is 3. The van der Waals surface area contributed by atoms with Crippen LogP contribution < -0.4 is 10.6 Å². The normalized spacial score (nSPS) is 13.4. The summed E-state index contributed by atoms with van der Waals surface area (Å²) in [6, 6.07) is 3.50. The molecule has 6 heteroatoms.